The fraction of sp³-hybridized carbons (Fsp3) is 0.250. The summed E-state index contributed by atoms with van der Waals surface area (Å²) in [4.78, 5) is 12.8. The molecule has 4 rings (SSSR count). The molecule has 2 heterocycles. The standard InChI is InChI=1S/C20H19FN4O3S2/c1-13-4-6-14(7-5-13)19-23-24-20(29-19)22-18(26)17-3-2-12-25(17)30(27,28)16-10-8-15(21)9-11-16/h4-11,17H,2-3,12H2,1H3,(H,22,24,26). The van der Waals surface area contributed by atoms with E-state index in [1.807, 2.05) is 31.2 Å². The number of nitrogens with one attached hydrogen (secondary N) is 1. The Morgan fingerprint density at radius 2 is 1.83 bits per heavy atom. The smallest absolute Gasteiger partial charge is 0.244 e. The molecule has 1 aromatic heterocycles. The Labute approximate surface area is 177 Å². The van der Waals surface area contributed by atoms with Gasteiger partial charge >= 0.3 is 0 Å². The summed E-state index contributed by atoms with van der Waals surface area (Å²) in [7, 11) is -3.91. The molecule has 30 heavy (non-hydrogen) atoms. The Hall–Kier alpha value is -2.69. The SMILES string of the molecule is Cc1ccc(-c2nnc(NC(=O)C3CCCN3S(=O)(=O)c3ccc(F)cc3)s2)cc1. The van der Waals surface area contributed by atoms with Crippen molar-refractivity contribution in [2.75, 3.05) is 11.9 Å². The van der Waals surface area contributed by atoms with Crippen molar-refractivity contribution in [2.24, 2.45) is 0 Å². The van der Waals surface area contributed by atoms with E-state index < -0.39 is 27.8 Å². The van der Waals surface area contributed by atoms with Crippen molar-refractivity contribution in [3.8, 4) is 10.6 Å². The molecule has 1 atom stereocenters. The third kappa shape index (κ3) is 4.11. The fourth-order valence-corrected chi connectivity index (χ4v) is 5.72. The molecule has 0 spiro atoms. The summed E-state index contributed by atoms with van der Waals surface area (Å²) in [6, 6.07) is 11.5. The molecule has 0 saturated carbocycles. The Kier molecular flexibility index (Phi) is 5.63. The molecular formula is C20H19FN4O3S2. The van der Waals surface area contributed by atoms with Crippen LogP contribution in [-0.4, -0.2) is 41.4 Å². The number of benzene rings is 2. The van der Waals surface area contributed by atoms with Gasteiger partial charge in [0.05, 0.1) is 4.90 Å². The van der Waals surface area contributed by atoms with Crippen LogP contribution in [0.5, 0.6) is 0 Å². The third-order valence-electron chi connectivity index (χ3n) is 4.88. The zero-order valence-corrected chi connectivity index (χ0v) is 17.7. The number of anilines is 1. The Morgan fingerprint density at radius 3 is 2.53 bits per heavy atom. The molecule has 1 aliphatic heterocycles. The zero-order chi connectivity index (χ0) is 21.3. The number of aryl methyl sites for hydroxylation is 1. The van der Waals surface area contributed by atoms with E-state index in [4.69, 9.17) is 0 Å². The van der Waals surface area contributed by atoms with E-state index >= 15 is 0 Å². The van der Waals surface area contributed by atoms with Gasteiger partial charge in [0.2, 0.25) is 21.1 Å². The molecule has 156 valence electrons. The van der Waals surface area contributed by atoms with E-state index in [0.717, 1.165) is 27.6 Å². The van der Waals surface area contributed by atoms with Gasteiger partial charge in [-0.25, -0.2) is 12.8 Å². The lowest BCUT2D eigenvalue weighted by atomic mass is 10.2. The number of hydrogen-bond donors (Lipinski definition) is 1. The van der Waals surface area contributed by atoms with Gasteiger partial charge in [-0.2, -0.15) is 4.31 Å². The minimum absolute atomic E-state index is 0.0406. The van der Waals surface area contributed by atoms with Crippen molar-refractivity contribution in [1.29, 1.82) is 0 Å². The molecule has 1 fully saturated rings. The summed E-state index contributed by atoms with van der Waals surface area (Å²) in [5, 5.41) is 11.8. The number of carbonyl (C=O) groups is 1. The Balaban J connectivity index is 1.50. The third-order valence-corrected chi connectivity index (χ3v) is 7.69. The first-order valence-electron chi connectivity index (χ1n) is 9.33. The fourth-order valence-electron chi connectivity index (χ4n) is 3.31. The van der Waals surface area contributed by atoms with E-state index in [2.05, 4.69) is 15.5 Å². The highest BCUT2D eigenvalue weighted by atomic mass is 32.2. The highest BCUT2D eigenvalue weighted by Gasteiger charge is 2.39. The number of sulfonamides is 1. The highest BCUT2D eigenvalue weighted by molar-refractivity contribution is 7.89. The van der Waals surface area contributed by atoms with E-state index in [1.165, 1.54) is 23.5 Å². The average Bonchev–Trinajstić information content (AvgIpc) is 3.39. The van der Waals surface area contributed by atoms with Gasteiger partial charge in [-0.1, -0.05) is 41.2 Å². The predicted octanol–water partition coefficient (Wildman–Crippen LogP) is 3.44. The lowest BCUT2D eigenvalue weighted by Crippen LogP contribution is -2.43. The minimum Gasteiger partial charge on any atom is -0.299 e. The topological polar surface area (TPSA) is 92.3 Å². The first kappa shape index (κ1) is 20.6. The molecule has 0 aliphatic carbocycles. The van der Waals surface area contributed by atoms with Crippen molar-refractivity contribution < 1.29 is 17.6 Å². The monoisotopic (exact) mass is 446 g/mol. The van der Waals surface area contributed by atoms with Crippen molar-refractivity contribution in [2.45, 2.75) is 30.7 Å². The largest absolute Gasteiger partial charge is 0.299 e. The number of nitrogens with zero attached hydrogens (tertiary/aromatic N) is 3. The molecule has 1 N–H and O–H groups in total. The van der Waals surface area contributed by atoms with Crippen LogP contribution in [0.15, 0.2) is 53.4 Å². The van der Waals surface area contributed by atoms with Crippen molar-refractivity contribution in [3.63, 3.8) is 0 Å². The number of hydrogen-bond acceptors (Lipinski definition) is 6. The highest BCUT2D eigenvalue weighted by Crippen LogP contribution is 2.29. The van der Waals surface area contributed by atoms with Crippen LogP contribution >= 0.6 is 11.3 Å². The van der Waals surface area contributed by atoms with E-state index in [-0.39, 0.29) is 11.4 Å². The Morgan fingerprint density at radius 1 is 1.13 bits per heavy atom. The van der Waals surface area contributed by atoms with Gasteiger partial charge in [-0.15, -0.1) is 10.2 Å². The number of carbonyl (C=O) groups excluding carboxylic acids is 1. The second-order valence-electron chi connectivity index (χ2n) is 7.00. The molecule has 3 aromatic rings. The zero-order valence-electron chi connectivity index (χ0n) is 16.1. The molecule has 1 amide bonds. The number of aromatic nitrogens is 2. The maximum Gasteiger partial charge on any atom is 0.244 e. The summed E-state index contributed by atoms with van der Waals surface area (Å²) >= 11 is 1.22. The molecule has 7 nitrogen and oxygen atoms in total. The van der Waals surface area contributed by atoms with Gasteiger partial charge in [0.15, 0.2) is 0 Å². The van der Waals surface area contributed by atoms with E-state index in [1.54, 1.807) is 0 Å². The molecule has 10 heteroatoms. The second-order valence-corrected chi connectivity index (χ2v) is 9.86. The maximum absolute atomic E-state index is 13.2. The maximum atomic E-state index is 13.2. The van der Waals surface area contributed by atoms with Gasteiger partial charge in [-0.05, 0) is 44.0 Å². The quantitative estimate of drug-likeness (QED) is 0.648. The van der Waals surface area contributed by atoms with Gasteiger partial charge < -0.3 is 0 Å². The summed E-state index contributed by atoms with van der Waals surface area (Å²) < 4.78 is 40.2. The van der Waals surface area contributed by atoms with Crippen molar-refractivity contribution >= 4 is 32.4 Å². The molecule has 2 aromatic carbocycles. The minimum atomic E-state index is -3.91. The summed E-state index contributed by atoms with van der Waals surface area (Å²) in [6.45, 7) is 2.21. The van der Waals surface area contributed by atoms with Gasteiger partial charge in [-0.3, -0.25) is 10.1 Å². The van der Waals surface area contributed by atoms with E-state index in [0.29, 0.717) is 23.0 Å². The van der Waals surface area contributed by atoms with Crippen LogP contribution in [0.2, 0.25) is 0 Å². The van der Waals surface area contributed by atoms with E-state index in [9.17, 15) is 17.6 Å². The molecule has 0 bridgehead atoms. The van der Waals surface area contributed by atoms with Crippen LogP contribution < -0.4 is 5.32 Å². The lowest BCUT2D eigenvalue weighted by Gasteiger charge is -2.22. The Bertz CT molecular complexity index is 1160. The summed E-state index contributed by atoms with van der Waals surface area (Å²) in [5.41, 5.74) is 2.01. The lowest BCUT2D eigenvalue weighted by molar-refractivity contribution is -0.119. The number of amides is 1. The molecular weight excluding hydrogens is 427 g/mol. The summed E-state index contributed by atoms with van der Waals surface area (Å²) in [5.74, 6) is -0.977. The van der Waals surface area contributed by atoms with Gasteiger partial charge in [0, 0.05) is 12.1 Å². The summed E-state index contributed by atoms with van der Waals surface area (Å²) in [6.07, 6.45) is 0.957. The van der Waals surface area contributed by atoms with Crippen LogP contribution in [0, 0.1) is 12.7 Å². The normalized spacial score (nSPS) is 17.2. The number of halogens is 1. The van der Waals surface area contributed by atoms with Gasteiger partial charge in [0.1, 0.15) is 16.9 Å². The van der Waals surface area contributed by atoms with Crippen molar-refractivity contribution in [1.82, 2.24) is 14.5 Å². The average molecular weight is 447 g/mol. The second kappa shape index (κ2) is 8.21. The van der Waals surface area contributed by atoms with Crippen LogP contribution in [0.3, 0.4) is 0 Å². The van der Waals surface area contributed by atoms with Crippen LogP contribution in [-0.2, 0) is 14.8 Å². The molecule has 1 aliphatic rings. The van der Waals surface area contributed by atoms with Gasteiger partial charge in [0.25, 0.3) is 0 Å². The van der Waals surface area contributed by atoms with Crippen LogP contribution in [0.1, 0.15) is 18.4 Å². The predicted molar refractivity (Wildman–Crippen MR) is 112 cm³/mol. The van der Waals surface area contributed by atoms with Crippen molar-refractivity contribution in [3.05, 3.63) is 59.9 Å². The van der Waals surface area contributed by atoms with Crippen LogP contribution in [0.25, 0.3) is 10.6 Å². The first-order valence-corrected chi connectivity index (χ1v) is 11.6. The first-order chi connectivity index (χ1) is 14.3. The van der Waals surface area contributed by atoms with Crippen LogP contribution in [0.4, 0.5) is 9.52 Å². The molecule has 0 radical (unpaired) electrons. The molecule has 1 saturated heterocycles. The number of rotatable bonds is 5. The molecule has 1 unspecified atom stereocenters.